The Morgan fingerprint density at radius 3 is 2.84 bits per heavy atom. The standard InChI is InChI=1S/C12H16BrClN2O3/c1-3-19-11-8(13)4-7(14)5-10(11)16-12(17)9(15)6-18-2/h4-5,9H,3,6,15H2,1-2H3,(H,16,17). The first-order valence-electron chi connectivity index (χ1n) is 5.66. The lowest BCUT2D eigenvalue weighted by molar-refractivity contribution is -0.118. The molecule has 7 heteroatoms. The molecule has 1 aromatic carbocycles. The molecule has 1 atom stereocenters. The van der Waals surface area contributed by atoms with Crippen molar-refractivity contribution in [1.82, 2.24) is 0 Å². The number of anilines is 1. The molecule has 0 aliphatic rings. The molecule has 1 unspecified atom stereocenters. The molecule has 0 fully saturated rings. The second-order valence-corrected chi connectivity index (χ2v) is 5.04. The summed E-state index contributed by atoms with van der Waals surface area (Å²) in [6.07, 6.45) is 0. The Morgan fingerprint density at radius 2 is 2.26 bits per heavy atom. The van der Waals surface area contributed by atoms with Gasteiger partial charge in [-0.15, -0.1) is 0 Å². The Hall–Kier alpha value is -0.820. The minimum atomic E-state index is -0.753. The highest BCUT2D eigenvalue weighted by molar-refractivity contribution is 9.10. The summed E-state index contributed by atoms with van der Waals surface area (Å²) >= 11 is 9.29. The molecular formula is C12H16BrClN2O3. The average molecular weight is 352 g/mol. The summed E-state index contributed by atoms with van der Waals surface area (Å²) < 4.78 is 11.0. The van der Waals surface area contributed by atoms with Crippen LogP contribution >= 0.6 is 27.5 Å². The Balaban J connectivity index is 2.95. The molecule has 19 heavy (non-hydrogen) atoms. The van der Waals surface area contributed by atoms with Crippen LogP contribution in [0.3, 0.4) is 0 Å². The van der Waals surface area contributed by atoms with Crippen molar-refractivity contribution in [1.29, 1.82) is 0 Å². The molecule has 0 aliphatic heterocycles. The van der Waals surface area contributed by atoms with E-state index >= 15 is 0 Å². The fourth-order valence-electron chi connectivity index (χ4n) is 1.42. The zero-order chi connectivity index (χ0) is 14.4. The van der Waals surface area contributed by atoms with Gasteiger partial charge in [0.2, 0.25) is 5.91 Å². The van der Waals surface area contributed by atoms with Gasteiger partial charge in [0.05, 0.1) is 23.4 Å². The monoisotopic (exact) mass is 350 g/mol. The van der Waals surface area contributed by atoms with Gasteiger partial charge in [0.15, 0.2) is 5.75 Å². The van der Waals surface area contributed by atoms with Gasteiger partial charge in [-0.3, -0.25) is 4.79 Å². The van der Waals surface area contributed by atoms with Crippen molar-refractivity contribution in [3.05, 3.63) is 21.6 Å². The van der Waals surface area contributed by atoms with Crippen LogP contribution in [0.15, 0.2) is 16.6 Å². The van der Waals surface area contributed by atoms with Crippen LogP contribution in [-0.4, -0.2) is 32.3 Å². The zero-order valence-corrected chi connectivity index (χ0v) is 13.0. The largest absolute Gasteiger partial charge is 0.491 e. The van der Waals surface area contributed by atoms with Gasteiger partial charge in [-0.1, -0.05) is 11.6 Å². The Morgan fingerprint density at radius 1 is 1.58 bits per heavy atom. The van der Waals surface area contributed by atoms with Gasteiger partial charge in [0, 0.05) is 12.1 Å². The molecule has 106 valence electrons. The first-order valence-corrected chi connectivity index (χ1v) is 6.83. The van der Waals surface area contributed by atoms with Crippen molar-refractivity contribution < 1.29 is 14.3 Å². The number of carbonyl (C=O) groups is 1. The predicted molar refractivity (Wildman–Crippen MR) is 78.8 cm³/mol. The quantitative estimate of drug-likeness (QED) is 0.825. The smallest absolute Gasteiger partial charge is 0.243 e. The Bertz CT molecular complexity index is 457. The molecule has 5 nitrogen and oxygen atoms in total. The van der Waals surface area contributed by atoms with E-state index in [1.165, 1.54) is 7.11 Å². The summed E-state index contributed by atoms with van der Waals surface area (Å²) in [5.41, 5.74) is 6.12. The SMILES string of the molecule is CCOc1c(Br)cc(Cl)cc1NC(=O)C(N)COC. The molecule has 1 amide bonds. The molecule has 0 spiro atoms. The highest BCUT2D eigenvalue weighted by Gasteiger charge is 2.17. The van der Waals surface area contributed by atoms with E-state index in [4.69, 9.17) is 26.8 Å². The summed E-state index contributed by atoms with van der Waals surface area (Å²) in [4.78, 5) is 11.9. The van der Waals surface area contributed by atoms with E-state index in [1.54, 1.807) is 12.1 Å². The normalized spacial score (nSPS) is 12.1. The lowest BCUT2D eigenvalue weighted by Gasteiger charge is -2.16. The van der Waals surface area contributed by atoms with E-state index in [0.717, 1.165) is 0 Å². The number of nitrogens with one attached hydrogen (secondary N) is 1. The van der Waals surface area contributed by atoms with Crippen LogP contribution in [0.25, 0.3) is 0 Å². The molecule has 0 heterocycles. The van der Waals surface area contributed by atoms with E-state index in [0.29, 0.717) is 27.5 Å². The van der Waals surface area contributed by atoms with Crippen LogP contribution in [0.2, 0.25) is 5.02 Å². The molecule has 0 radical (unpaired) electrons. The third-order valence-corrected chi connectivity index (χ3v) is 3.05. The summed E-state index contributed by atoms with van der Waals surface area (Å²) in [6, 6.07) is 2.55. The average Bonchev–Trinajstić information content (AvgIpc) is 2.33. The number of halogens is 2. The molecule has 0 aliphatic carbocycles. The van der Waals surface area contributed by atoms with Gasteiger partial charge >= 0.3 is 0 Å². The van der Waals surface area contributed by atoms with E-state index in [1.807, 2.05) is 6.92 Å². The number of methoxy groups -OCH3 is 1. The first kappa shape index (κ1) is 16.2. The van der Waals surface area contributed by atoms with Crippen molar-refractivity contribution >= 4 is 39.1 Å². The van der Waals surface area contributed by atoms with Crippen LogP contribution in [0, 0.1) is 0 Å². The molecule has 1 rings (SSSR count). The number of benzene rings is 1. The highest BCUT2D eigenvalue weighted by atomic mass is 79.9. The van der Waals surface area contributed by atoms with Crippen molar-refractivity contribution in [3.63, 3.8) is 0 Å². The number of nitrogens with two attached hydrogens (primary N) is 1. The number of ether oxygens (including phenoxy) is 2. The second-order valence-electron chi connectivity index (χ2n) is 3.75. The van der Waals surface area contributed by atoms with Crippen LogP contribution in [-0.2, 0) is 9.53 Å². The third-order valence-electron chi connectivity index (χ3n) is 2.24. The molecule has 0 bridgehead atoms. The topological polar surface area (TPSA) is 73.6 Å². The lowest BCUT2D eigenvalue weighted by atomic mass is 10.2. The van der Waals surface area contributed by atoms with Crippen molar-refractivity contribution in [2.24, 2.45) is 5.73 Å². The van der Waals surface area contributed by atoms with Crippen LogP contribution in [0.4, 0.5) is 5.69 Å². The van der Waals surface area contributed by atoms with Gasteiger partial charge in [-0.05, 0) is 35.0 Å². The van der Waals surface area contributed by atoms with Crippen molar-refractivity contribution in [2.45, 2.75) is 13.0 Å². The fraction of sp³-hybridized carbons (Fsp3) is 0.417. The van der Waals surface area contributed by atoms with Crippen LogP contribution in [0.1, 0.15) is 6.92 Å². The number of carbonyl (C=O) groups excluding carboxylic acids is 1. The fourth-order valence-corrected chi connectivity index (χ4v) is 2.35. The van der Waals surface area contributed by atoms with Gasteiger partial charge in [-0.2, -0.15) is 0 Å². The summed E-state index contributed by atoms with van der Waals surface area (Å²) in [5, 5.41) is 3.16. The molecular weight excluding hydrogens is 336 g/mol. The zero-order valence-electron chi connectivity index (χ0n) is 10.7. The molecule has 0 saturated heterocycles. The van der Waals surface area contributed by atoms with E-state index in [9.17, 15) is 4.79 Å². The molecule has 1 aromatic rings. The van der Waals surface area contributed by atoms with E-state index in [2.05, 4.69) is 21.2 Å². The Labute approximate surface area is 125 Å². The van der Waals surface area contributed by atoms with Crippen LogP contribution in [0.5, 0.6) is 5.75 Å². The summed E-state index contributed by atoms with van der Waals surface area (Å²) in [5.74, 6) is 0.154. The van der Waals surface area contributed by atoms with Gasteiger partial charge in [0.1, 0.15) is 6.04 Å². The van der Waals surface area contributed by atoms with Gasteiger partial charge in [-0.25, -0.2) is 0 Å². The maximum absolute atomic E-state index is 11.9. The van der Waals surface area contributed by atoms with E-state index in [-0.39, 0.29) is 12.5 Å². The second kappa shape index (κ2) is 7.69. The first-order chi connectivity index (χ1) is 8.99. The lowest BCUT2D eigenvalue weighted by Crippen LogP contribution is -2.39. The number of amides is 1. The predicted octanol–water partition coefficient (Wildman–Crippen LogP) is 2.41. The van der Waals surface area contributed by atoms with Crippen molar-refractivity contribution in [3.8, 4) is 5.75 Å². The molecule has 0 aromatic heterocycles. The minimum Gasteiger partial charge on any atom is -0.491 e. The molecule has 3 N–H and O–H groups in total. The van der Waals surface area contributed by atoms with Gasteiger partial charge < -0.3 is 20.5 Å². The third kappa shape index (κ3) is 4.65. The van der Waals surface area contributed by atoms with Crippen molar-refractivity contribution in [2.75, 3.05) is 25.6 Å². The number of rotatable bonds is 6. The Kier molecular flexibility index (Phi) is 6.57. The van der Waals surface area contributed by atoms with E-state index < -0.39 is 6.04 Å². The number of hydrogen-bond donors (Lipinski definition) is 2. The highest BCUT2D eigenvalue weighted by Crippen LogP contribution is 2.36. The molecule has 0 saturated carbocycles. The summed E-state index contributed by atoms with van der Waals surface area (Å²) in [7, 11) is 1.48. The number of hydrogen-bond acceptors (Lipinski definition) is 4. The minimum absolute atomic E-state index is 0.136. The van der Waals surface area contributed by atoms with Crippen LogP contribution < -0.4 is 15.8 Å². The summed E-state index contributed by atoms with van der Waals surface area (Å²) in [6.45, 7) is 2.45. The van der Waals surface area contributed by atoms with Gasteiger partial charge in [0.25, 0.3) is 0 Å². The maximum atomic E-state index is 11.9. The maximum Gasteiger partial charge on any atom is 0.243 e.